The number of nitrogens with zero attached hydrogens (tertiary/aromatic N) is 3. The van der Waals surface area contributed by atoms with E-state index in [9.17, 15) is 4.79 Å². The third kappa shape index (κ3) is 4.66. The average molecular weight is 268 g/mol. The molecule has 0 radical (unpaired) electrons. The number of urea groups is 1. The van der Waals surface area contributed by atoms with Crippen LogP contribution < -0.4 is 5.32 Å². The molecule has 1 aliphatic carbocycles. The van der Waals surface area contributed by atoms with Gasteiger partial charge < -0.3 is 15.1 Å². The summed E-state index contributed by atoms with van der Waals surface area (Å²) in [5.74, 6) is 0. The third-order valence-corrected chi connectivity index (χ3v) is 4.21. The van der Waals surface area contributed by atoms with Crippen molar-refractivity contribution in [1.29, 1.82) is 0 Å². The Balaban J connectivity index is 1.65. The second-order valence-electron chi connectivity index (χ2n) is 6.06. The maximum Gasteiger partial charge on any atom is 0.317 e. The predicted octanol–water partition coefficient (Wildman–Crippen LogP) is 0.818. The lowest BCUT2D eigenvalue weighted by atomic mass is 10.2. The standard InChI is InChI=1S/C14H28N4O/c1-16(2)7-8-17-9-11-18(12-10-17)14(19)15-13-5-3-4-6-13/h13H,3-12H2,1-2H3,(H,15,19). The zero-order valence-electron chi connectivity index (χ0n) is 12.4. The summed E-state index contributed by atoms with van der Waals surface area (Å²) in [6, 6.07) is 0.582. The molecule has 1 saturated carbocycles. The monoisotopic (exact) mass is 268 g/mol. The second kappa shape index (κ2) is 7.10. The van der Waals surface area contributed by atoms with E-state index in [0.717, 1.165) is 52.1 Å². The molecule has 0 spiro atoms. The van der Waals surface area contributed by atoms with Crippen molar-refractivity contribution < 1.29 is 4.79 Å². The number of hydrogen-bond acceptors (Lipinski definition) is 3. The first kappa shape index (κ1) is 14.6. The largest absolute Gasteiger partial charge is 0.335 e. The molecule has 1 saturated heterocycles. The number of carbonyl (C=O) groups is 1. The molecule has 2 amide bonds. The van der Waals surface area contributed by atoms with Crippen LogP contribution in [0.4, 0.5) is 4.79 Å². The van der Waals surface area contributed by atoms with E-state index in [2.05, 4.69) is 29.2 Å². The molecule has 1 aliphatic heterocycles. The smallest absolute Gasteiger partial charge is 0.317 e. The van der Waals surface area contributed by atoms with Gasteiger partial charge in [-0.25, -0.2) is 4.79 Å². The number of likely N-dealkylation sites (N-methyl/N-ethyl adjacent to an activating group) is 1. The molecule has 2 aliphatic rings. The van der Waals surface area contributed by atoms with Crippen molar-refractivity contribution in [2.75, 3.05) is 53.4 Å². The van der Waals surface area contributed by atoms with E-state index in [4.69, 9.17) is 0 Å². The van der Waals surface area contributed by atoms with Gasteiger partial charge >= 0.3 is 6.03 Å². The van der Waals surface area contributed by atoms with E-state index in [1.54, 1.807) is 0 Å². The van der Waals surface area contributed by atoms with Crippen LogP contribution in [-0.4, -0.2) is 80.1 Å². The zero-order chi connectivity index (χ0) is 13.7. The van der Waals surface area contributed by atoms with E-state index < -0.39 is 0 Å². The predicted molar refractivity (Wildman–Crippen MR) is 77.4 cm³/mol. The van der Waals surface area contributed by atoms with Gasteiger partial charge in [0.25, 0.3) is 0 Å². The molecule has 19 heavy (non-hydrogen) atoms. The van der Waals surface area contributed by atoms with E-state index >= 15 is 0 Å². The first-order chi connectivity index (χ1) is 9.15. The van der Waals surface area contributed by atoms with Crippen molar-refractivity contribution >= 4 is 6.03 Å². The summed E-state index contributed by atoms with van der Waals surface area (Å²) in [5, 5.41) is 3.17. The minimum absolute atomic E-state index is 0.152. The summed E-state index contributed by atoms with van der Waals surface area (Å²) in [7, 11) is 4.20. The number of carbonyl (C=O) groups excluding carboxylic acids is 1. The number of piperazine rings is 1. The van der Waals surface area contributed by atoms with Crippen LogP contribution >= 0.6 is 0 Å². The fourth-order valence-electron chi connectivity index (χ4n) is 2.85. The van der Waals surface area contributed by atoms with E-state index in [1.807, 2.05) is 4.90 Å². The number of nitrogens with one attached hydrogen (secondary N) is 1. The van der Waals surface area contributed by atoms with Crippen molar-refractivity contribution in [3.05, 3.63) is 0 Å². The van der Waals surface area contributed by atoms with E-state index in [0.29, 0.717) is 6.04 Å². The van der Waals surface area contributed by atoms with Crippen LogP contribution in [0.15, 0.2) is 0 Å². The molecular formula is C14H28N4O. The molecule has 2 rings (SSSR count). The summed E-state index contributed by atoms with van der Waals surface area (Å²) in [6.07, 6.45) is 4.86. The minimum Gasteiger partial charge on any atom is -0.335 e. The molecule has 5 nitrogen and oxygen atoms in total. The van der Waals surface area contributed by atoms with Crippen LogP contribution in [0.5, 0.6) is 0 Å². The highest BCUT2D eigenvalue weighted by Crippen LogP contribution is 2.18. The Kier molecular flexibility index (Phi) is 5.45. The van der Waals surface area contributed by atoms with Crippen LogP contribution in [0.25, 0.3) is 0 Å². The Morgan fingerprint density at radius 2 is 1.79 bits per heavy atom. The quantitative estimate of drug-likeness (QED) is 0.820. The van der Waals surface area contributed by atoms with Gasteiger partial charge in [0.1, 0.15) is 0 Å². The summed E-state index contributed by atoms with van der Waals surface area (Å²) in [4.78, 5) is 18.7. The van der Waals surface area contributed by atoms with Crippen LogP contribution in [0.2, 0.25) is 0 Å². The Hall–Kier alpha value is -0.810. The first-order valence-electron chi connectivity index (χ1n) is 7.57. The Bertz CT molecular complexity index is 281. The van der Waals surface area contributed by atoms with Crippen LogP contribution in [-0.2, 0) is 0 Å². The van der Waals surface area contributed by atoms with Crippen molar-refractivity contribution in [2.24, 2.45) is 0 Å². The molecule has 0 atom stereocenters. The van der Waals surface area contributed by atoms with Gasteiger partial charge in [-0.15, -0.1) is 0 Å². The normalized spacial score (nSPS) is 22.2. The molecule has 110 valence electrons. The average Bonchev–Trinajstić information content (AvgIpc) is 2.89. The highest BCUT2D eigenvalue weighted by molar-refractivity contribution is 5.74. The van der Waals surface area contributed by atoms with E-state index in [-0.39, 0.29) is 6.03 Å². The molecule has 2 fully saturated rings. The number of amides is 2. The summed E-state index contributed by atoms with van der Waals surface area (Å²) >= 11 is 0. The molecule has 1 heterocycles. The molecule has 0 aromatic carbocycles. The van der Waals surface area contributed by atoms with Crippen LogP contribution in [0.1, 0.15) is 25.7 Å². The molecule has 0 unspecified atom stereocenters. The first-order valence-corrected chi connectivity index (χ1v) is 7.57. The third-order valence-electron chi connectivity index (χ3n) is 4.21. The lowest BCUT2D eigenvalue weighted by Gasteiger charge is -2.35. The fourth-order valence-corrected chi connectivity index (χ4v) is 2.85. The maximum absolute atomic E-state index is 12.1. The number of rotatable bonds is 4. The fraction of sp³-hybridized carbons (Fsp3) is 0.929. The Morgan fingerprint density at radius 3 is 2.37 bits per heavy atom. The highest BCUT2D eigenvalue weighted by atomic mass is 16.2. The summed E-state index contributed by atoms with van der Waals surface area (Å²) in [6.45, 7) is 5.94. The van der Waals surface area contributed by atoms with Gasteiger partial charge in [-0.1, -0.05) is 12.8 Å². The van der Waals surface area contributed by atoms with Crippen molar-refractivity contribution in [1.82, 2.24) is 20.0 Å². The van der Waals surface area contributed by atoms with Gasteiger partial charge in [0.05, 0.1) is 0 Å². The molecular weight excluding hydrogens is 240 g/mol. The van der Waals surface area contributed by atoms with Gasteiger partial charge in [0.15, 0.2) is 0 Å². The van der Waals surface area contributed by atoms with Gasteiger partial charge in [0.2, 0.25) is 0 Å². The zero-order valence-corrected chi connectivity index (χ0v) is 12.4. The topological polar surface area (TPSA) is 38.8 Å². The Morgan fingerprint density at radius 1 is 1.16 bits per heavy atom. The van der Waals surface area contributed by atoms with Crippen molar-refractivity contribution in [3.63, 3.8) is 0 Å². The highest BCUT2D eigenvalue weighted by Gasteiger charge is 2.24. The van der Waals surface area contributed by atoms with Gasteiger partial charge in [-0.2, -0.15) is 0 Å². The molecule has 0 aromatic rings. The molecule has 0 aromatic heterocycles. The minimum atomic E-state index is 0.152. The lowest BCUT2D eigenvalue weighted by Crippen LogP contribution is -2.53. The molecule has 0 bridgehead atoms. The van der Waals surface area contributed by atoms with Crippen LogP contribution in [0, 0.1) is 0 Å². The summed E-state index contributed by atoms with van der Waals surface area (Å²) in [5.41, 5.74) is 0. The second-order valence-corrected chi connectivity index (χ2v) is 6.06. The summed E-state index contributed by atoms with van der Waals surface area (Å²) < 4.78 is 0. The van der Waals surface area contributed by atoms with Gasteiger partial charge in [-0.05, 0) is 26.9 Å². The van der Waals surface area contributed by atoms with E-state index in [1.165, 1.54) is 12.8 Å². The van der Waals surface area contributed by atoms with Crippen molar-refractivity contribution in [2.45, 2.75) is 31.7 Å². The number of hydrogen-bond donors (Lipinski definition) is 1. The van der Waals surface area contributed by atoms with Gasteiger partial charge in [0, 0.05) is 45.3 Å². The SMILES string of the molecule is CN(C)CCN1CCN(C(=O)NC2CCCC2)CC1. The van der Waals surface area contributed by atoms with Gasteiger partial charge in [-0.3, -0.25) is 4.90 Å². The molecule has 1 N–H and O–H groups in total. The molecule has 5 heteroatoms. The maximum atomic E-state index is 12.1. The van der Waals surface area contributed by atoms with Crippen LogP contribution in [0.3, 0.4) is 0 Å². The Labute approximate surface area is 116 Å². The van der Waals surface area contributed by atoms with Crippen molar-refractivity contribution in [3.8, 4) is 0 Å². The lowest BCUT2D eigenvalue weighted by molar-refractivity contribution is 0.131.